The molecule has 0 bridgehead atoms. The second kappa shape index (κ2) is 9.63. The summed E-state index contributed by atoms with van der Waals surface area (Å²) < 4.78 is 17.5. The highest BCUT2D eigenvalue weighted by Crippen LogP contribution is 2.36. The Labute approximate surface area is 180 Å². The first kappa shape index (κ1) is 21.6. The smallest absolute Gasteiger partial charge is 0.282 e. The third-order valence-corrected chi connectivity index (χ3v) is 4.95. The number of carbonyl (C=O) groups is 1. The molecule has 0 spiro atoms. The highest BCUT2D eigenvalue weighted by Gasteiger charge is 2.11. The summed E-state index contributed by atoms with van der Waals surface area (Å²) >= 11 is 1.32. The van der Waals surface area contributed by atoms with E-state index in [1.165, 1.54) is 18.3 Å². The van der Waals surface area contributed by atoms with E-state index in [0.29, 0.717) is 16.0 Å². The Morgan fingerprint density at radius 2 is 1.73 bits per heavy atom. The van der Waals surface area contributed by atoms with Gasteiger partial charge in [0.15, 0.2) is 0 Å². The van der Waals surface area contributed by atoms with Crippen molar-refractivity contribution in [1.82, 2.24) is 10.3 Å². The van der Waals surface area contributed by atoms with Crippen molar-refractivity contribution in [3.8, 4) is 27.5 Å². The summed E-state index contributed by atoms with van der Waals surface area (Å²) in [6, 6.07) is 13.2. The fourth-order valence-corrected chi connectivity index (χ4v) is 3.50. The van der Waals surface area contributed by atoms with E-state index in [2.05, 4.69) is 10.3 Å². The van der Waals surface area contributed by atoms with E-state index in [1.54, 1.807) is 6.20 Å². The highest BCUT2D eigenvalue weighted by molar-refractivity contribution is 7.15. The zero-order valence-electron chi connectivity index (χ0n) is 17.8. The second-order valence-electron chi connectivity index (χ2n) is 7.23. The van der Waals surface area contributed by atoms with E-state index in [-0.39, 0.29) is 18.1 Å². The number of hydrogen-bond donors (Lipinski definition) is 1. The average Bonchev–Trinajstić information content (AvgIpc) is 3.10. The molecule has 6 nitrogen and oxygen atoms in total. The molecular weight excluding hydrogens is 400 g/mol. The summed E-state index contributed by atoms with van der Waals surface area (Å²) in [5, 5.41) is 3.99. The Morgan fingerprint density at radius 1 is 1.03 bits per heavy atom. The maximum absolute atomic E-state index is 11.2. The summed E-state index contributed by atoms with van der Waals surface area (Å²) in [6.07, 6.45) is 1.76. The largest absolute Gasteiger partial charge is 0.491 e. The molecule has 3 rings (SSSR count). The molecule has 0 saturated heterocycles. The molecule has 0 saturated carbocycles. The SMILES string of the molecule is CC(=O)NC(C)c1ccc(Oc2cnc(Oc3ccc(OC(C)C)cc3C)s2)cc1. The maximum atomic E-state index is 11.2. The van der Waals surface area contributed by atoms with Crippen LogP contribution >= 0.6 is 11.3 Å². The van der Waals surface area contributed by atoms with Crippen LogP contribution in [0.5, 0.6) is 27.5 Å². The number of aromatic nitrogens is 1. The fraction of sp³-hybridized carbons (Fsp3) is 0.304. The minimum absolute atomic E-state index is 0.0551. The molecule has 1 atom stereocenters. The number of hydrogen-bond acceptors (Lipinski definition) is 6. The van der Waals surface area contributed by atoms with Crippen molar-refractivity contribution in [3.05, 3.63) is 59.8 Å². The van der Waals surface area contributed by atoms with Gasteiger partial charge in [-0.3, -0.25) is 4.79 Å². The predicted octanol–water partition coefficient (Wildman–Crippen LogP) is 6.02. The summed E-state index contributed by atoms with van der Waals surface area (Å²) in [7, 11) is 0. The van der Waals surface area contributed by atoms with E-state index in [4.69, 9.17) is 14.2 Å². The number of thiazole rings is 1. The lowest BCUT2D eigenvalue weighted by Crippen LogP contribution is -2.23. The second-order valence-corrected chi connectivity index (χ2v) is 8.19. The van der Waals surface area contributed by atoms with Crippen LogP contribution in [-0.4, -0.2) is 17.0 Å². The third kappa shape index (κ3) is 5.97. The van der Waals surface area contributed by atoms with E-state index >= 15 is 0 Å². The van der Waals surface area contributed by atoms with E-state index in [0.717, 1.165) is 22.6 Å². The Balaban J connectivity index is 1.62. The first-order chi connectivity index (χ1) is 14.3. The van der Waals surface area contributed by atoms with Gasteiger partial charge in [0.1, 0.15) is 17.2 Å². The van der Waals surface area contributed by atoms with Gasteiger partial charge in [-0.1, -0.05) is 12.1 Å². The van der Waals surface area contributed by atoms with Gasteiger partial charge < -0.3 is 19.5 Å². The van der Waals surface area contributed by atoms with Crippen LogP contribution in [0.4, 0.5) is 0 Å². The van der Waals surface area contributed by atoms with Crippen molar-refractivity contribution in [3.63, 3.8) is 0 Å². The minimum atomic E-state index is -0.0580. The van der Waals surface area contributed by atoms with Gasteiger partial charge in [0.05, 0.1) is 18.3 Å². The topological polar surface area (TPSA) is 69.7 Å². The standard InChI is InChI=1S/C23H26N2O4S/c1-14(2)27-20-10-11-21(15(3)12-20)29-23-24-13-22(30-23)28-19-8-6-18(7-9-19)16(4)25-17(5)26/h6-14,16H,1-5H3,(H,25,26). The van der Waals surface area contributed by atoms with Crippen LogP contribution in [0.1, 0.15) is 44.9 Å². The van der Waals surface area contributed by atoms with Crippen molar-refractivity contribution >= 4 is 17.2 Å². The van der Waals surface area contributed by atoms with Gasteiger partial charge in [0, 0.05) is 6.92 Å². The Hall–Kier alpha value is -3.06. The molecule has 1 heterocycles. The van der Waals surface area contributed by atoms with Gasteiger partial charge in [0.25, 0.3) is 5.19 Å². The summed E-state index contributed by atoms with van der Waals surface area (Å²) in [5.74, 6) is 2.17. The van der Waals surface area contributed by atoms with Gasteiger partial charge in [-0.15, -0.1) is 0 Å². The molecule has 0 aliphatic rings. The normalized spacial score (nSPS) is 11.8. The van der Waals surface area contributed by atoms with Gasteiger partial charge in [-0.2, -0.15) is 0 Å². The summed E-state index contributed by atoms with van der Waals surface area (Å²) in [5.41, 5.74) is 1.97. The number of aryl methyl sites for hydroxylation is 1. The molecule has 158 valence electrons. The van der Waals surface area contributed by atoms with Crippen LogP contribution in [0.15, 0.2) is 48.7 Å². The van der Waals surface area contributed by atoms with Crippen LogP contribution in [0.3, 0.4) is 0 Å². The number of carbonyl (C=O) groups excluding carboxylic acids is 1. The quantitative estimate of drug-likeness (QED) is 0.477. The van der Waals surface area contributed by atoms with Gasteiger partial charge >= 0.3 is 0 Å². The van der Waals surface area contributed by atoms with Crippen LogP contribution in [0, 0.1) is 6.92 Å². The summed E-state index contributed by atoms with van der Waals surface area (Å²) in [4.78, 5) is 15.5. The fourth-order valence-electron chi connectivity index (χ4n) is 2.84. The van der Waals surface area contributed by atoms with Gasteiger partial charge in [-0.25, -0.2) is 4.98 Å². The number of benzene rings is 2. The minimum Gasteiger partial charge on any atom is -0.491 e. The molecule has 30 heavy (non-hydrogen) atoms. The maximum Gasteiger partial charge on any atom is 0.282 e. The molecule has 7 heteroatoms. The molecule has 1 amide bonds. The molecule has 1 N–H and O–H groups in total. The number of amides is 1. The van der Waals surface area contributed by atoms with Crippen LogP contribution in [0.25, 0.3) is 0 Å². The zero-order chi connectivity index (χ0) is 21.7. The highest BCUT2D eigenvalue weighted by atomic mass is 32.1. The molecule has 1 aromatic heterocycles. The molecule has 0 aliphatic carbocycles. The molecule has 0 aliphatic heterocycles. The monoisotopic (exact) mass is 426 g/mol. The van der Waals surface area contributed by atoms with E-state index in [9.17, 15) is 4.79 Å². The Morgan fingerprint density at radius 3 is 2.37 bits per heavy atom. The van der Waals surface area contributed by atoms with Crippen LogP contribution < -0.4 is 19.5 Å². The average molecular weight is 427 g/mol. The van der Waals surface area contributed by atoms with Crippen LogP contribution in [0.2, 0.25) is 0 Å². The molecular formula is C23H26N2O4S. The van der Waals surface area contributed by atoms with Crippen molar-refractivity contribution in [2.45, 2.75) is 46.8 Å². The molecule has 1 unspecified atom stereocenters. The third-order valence-electron chi connectivity index (χ3n) is 4.20. The van der Waals surface area contributed by atoms with Gasteiger partial charge in [0.2, 0.25) is 11.0 Å². The number of nitrogens with zero attached hydrogens (tertiary/aromatic N) is 1. The number of rotatable bonds is 8. The van der Waals surface area contributed by atoms with Crippen molar-refractivity contribution < 1.29 is 19.0 Å². The lowest BCUT2D eigenvalue weighted by atomic mass is 10.1. The lowest BCUT2D eigenvalue weighted by molar-refractivity contribution is -0.119. The Kier molecular flexibility index (Phi) is 6.95. The zero-order valence-corrected chi connectivity index (χ0v) is 18.6. The first-order valence-electron chi connectivity index (χ1n) is 9.76. The van der Waals surface area contributed by atoms with Crippen molar-refractivity contribution in [1.29, 1.82) is 0 Å². The molecule has 0 radical (unpaired) electrons. The predicted molar refractivity (Wildman–Crippen MR) is 118 cm³/mol. The van der Waals surface area contributed by atoms with Crippen molar-refractivity contribution in [2.24, 2.45) is 0 Å². The van der Waals surface area contributed by atoms with E-state index in [1.807, 2.05) is 70.2 Å². The molecule has 2 aromatic carbocycles. The Bertz CT molecular complexity index is 999. The van der Waals surface area contributed by atoms with E-state index < -0.39 is 0 Å². The van der Waals surface area contributed by atoms with Crippen LogP contribution in [-0.2, 0) is 4.79 Å². The molecule has 3 aromatic rings. The number of nitrogens with one attached hydrogen (secondary N) is 1. The lowest BCUT2D eigenvalue weighted by Gasteiger charge is -2.13. The first-order valence-corrected chi connectivity index (χ1v) is 10.6. The number of ether oxygens (including phenoxy) is 3. The van der Waals surface area contributed by atoms with Crippen molar-refractivity contribution in [2.75, 3.05) is 0 Å². The molecule has 0 fully saturated rings. The van der Waals surface area contributed by atoms with Gasteiger partial charge in [-0.05, 0) is 80.5 Å². The summed E-state index contributed by atoms with van der Waals surface area (Å²) in [6.45, 7) is 9.40.